The van der Waals surface area contributed by atoms with E-state index in [0.29, 0.717) is 17.2 Å². The van der Waals surface area contributed by atoms with Gasteiger partial charge in [-0.1, -0.05) is 18.2 Å². The van der Waals surface area contributed by atoms with Gasteiger partial charge in [-0.05, 0) is 61.0 Å². The maximum absolute atomic E-state index is 13.3. The first-order valence-electron chi connectivity index (χ1n) is 8.13. The maximum Gasteiger partial charge on any atom is 0.255 e. The fraction of sp³-hybridized carbons (Fsp3) is 0.0476. The van der Waals surface area contributed by atoms with Gasteiger partial charge in [-0.3, -0.25) is 4.79 Å². The molecular weight excluding hydrogens is 331 g/mol. The summed E-state index contributed by atoms with van der Waals surface area (Å²) < 4.78 is 19.1. The highest BCUT2D eigenvalue weighted by Crippen LogP contribution is 2.26. The normalized spacial score (nSPS) is 10.8. The zero-order chi connectivity index (χ0) is 18.1. The van der Waals surface area contributed by atoms with E-state index in [1.807, 2.05) is 31.2 Å². The number of nitrogens with one attached hydrogen (secondary N) is 1. The van der Waals surface area contributed by atoms with E-state index in [0.717, 1.165) is 16.6 Å². The first kappa shape index (κ1) is 16.0. The van der Waals surface area contributed by atoms with E-state index in [4.69, 9.17) is 4.42 Å². The third kappa shape index (κ3) is 3.19. The van der Waals surface area contributed by atoms with Gasteiger partial charge in [0.2, 0.25) is 5.89 Å². The van der Waals surface area contributed by atoms with Gasteiger partial charge >= 0.3 is 0 Å². The highest BCUT2D eigenvalue weighted by Gasteiger charge is 2.11. The maximum atomic E-state index is 13.3. The lowest BCUT2D eigenvalue weighted by Crippen LogP contribution is -2.12. The first-order valence-corrected chi connectivity index (χ1v) is 8.13. The number of aromatic nitrogens is 1. The summed E-state index contributed by atoms with van der Waals surface area (Å²) in [5.41, 5.74) is 4.18. The number of carbonyl (C=O) groups excluding carboxylic acids is 1. The van der Waals surface area contributed by atoms with Crippen molar-refractivity contribution in [2.75, 3.05) is 5.32 Å². The van der Waals surface area contributed by atoms with E-state index in [2.05, 4.69) is 10.3 Å². The number of carbonyl (C=O) groups is 1. The Bertz CT molecular complexity index is 1120. The minimum atomic E-state index is -0.451. The molecule has 0 aliphatic rings. The van der Waals surface area contributed by atoms with Crippen molar-refractivity contribution in [3.8, 4) is 11.5 Å². The summed E-state index contributed by atoms with van der Waals surface area (Å²) in [5.74, 6) is -0.351. The van der Waals surface area contributed by atoms with Crippen molar-refractivity contribution in [1.29, 1.82) is 0 Å². The standard InChI is InChI=1S/C21H15FN2O2/c1-13-8-9-19-18(10-13)24-21(26-19)15-5-3-7-17(12-15)23-20(25)14-4-2-6-16(22)11-14/h2-12H,1H3,(H,23,25). The second-order valence-electron chi connectivity index (χ2n) is 6.04. The number of rotatable bonds is 3. The van der Waals surface area contributed by atoms with Crippen LogP contribution in [0.4, 0.5) is 10.1 Å². The van der Waals surface area contributed by atoms with Gasteiger partial charge in [0.25, 0.3) is 5.91 Å². The molecule has 5 heteroatoms. The molecule has 0 aliphatic heterocycles. The second kappa shape index (κ2) is 6.44. The predicted octanol–water partition coefficient (Wildman–Crippen LogP) is 5.19. The van der Waals surface area contributed by atoms with E-state index in [-0.39, 0.29) is 11.5 Å². The Labute approximate surface area is 149 Å². The Kier molecular flexibility index (Phi) is 3.97. The van der Waals surface area contributed by atoms with Gasteiger partial charge in [0.1, 0.15) is 11.3 Å². The van der Waals surface area contributed by atoms with Gasteiger partial charge in [0, 0.05) is 16.8 Å². The third-order valence-electron chi connectivity index (χ3n) is 4.00. The number of benzene rings is 3. The molecule has 0 atom stereocenters. The number of fused-ring (bicyclic) bond motifs is 1. The molecule has 1 aromatic heterocycles. The molecule has 1 heterocycles. The molecule has 0 saturated carbocycles. The molecule has 3 aromatic carbocycles. The fourth-order valence-electron chi connectivity index (χ4n) is 2.72. The summed E-state index contributed by atoms with van der Waals surface area (Å²) in [6, 6.07) is 18.6. The Balaban J connectivity index is 1.62. The van der Waals surface area contributed by atoms with Crippen LogP contribution in [0.3, 0.4) is 0 Å². The summed E-state index contributed by atoms with van der Waals surface area (Å²) >= 11 is 0. The number of nitrogens with zero attached hydrogens (tertiary/aromatic N) is 1. The molecule has 1 amide bonds. The molecule has 4 aromatic rings. The van der Waals surface area contributed by atoms with E-state index >= 15 is 0 Å². The van der Waals surface area contributed by atoms with Crippen LogP contribution in [0.15, 0.2) is 71.1 Å². The molecule has 26 heavy (non-hydrogen) atoms. The van der Waals surface area contributed by atoms with Crippen LogP contribution in [-0.4, -0.2) is 10.9 Å². The van der Waals surface area contributed by atoms with Gasteiger partial charge < -0.3 is 9.73 Å². The van der Waals surface area contributed by atoms with Crippen LogP contribution in [-0.2, 0) is 0 Å². The van der Waals surface area contributed by atoms with Crippen molar-refractivity contribution in [2.24, 2.45) is 0 Å². The lowest BCUT2D eigenvalue weighted by molar-refractivity contribution is 0.102. The molecule has 1 N–H and O–H groups in total. The van der Waals surface area contributed by atoms with Crippen molar-refractivity contribution in [1.82, 2.24) is 4.98 Å². The summed E-state index contributed by atoms with van der Waals surface area (Å²) in [6.07, 6.45) is 0. The quantitative estimate of drug-likeness (QED) is 0.555. The fourth-order valence-corrected chi connectivity index (χ4v) is 2.72. The van der Waals surface area contributed by atoms with Crippen LogP contribution >= 0.6 is 0 Å². The monoisotopic (exact) mass is 346 g/mol. The minimum Gasteiger partial charge on any atom is -0.436 e. The lowest BCUT2D eigenvalue weighted by Gasteiger charge is -2.06. The Hall–Kier alpha value is -3.47. The highest BCUT2D eigenvalue weighted by molar-refractivity contribution is 6.04. The molecule has 0 saturated heterocycles. The lowest BCUT2D eigenvalue weighted by atomic mass is 10.1. The van der Waals surface area contributed by atoms with Gasteiger partial charge in [0.05, 0.1) is 0 Å². The SMILES string of the molecule is Cc1ccc2oc(-c3cccc(NC(=O)c4cccc(F)c4)c3)nc2c1. The summed E-state index contributed by atoms with van der Waals surface area (Å²) in [7, 11) is 0. The molecular formula is C21H15FN2O2. The Morgan fingerprint density at radius 3 is 2.73 bits per heavy atom. The number of oxazole rings is 1. The average Bonchev–Trinajstić information content (AvgIpc) is 3.05. The van der Waals surface area contributed by atoms with Crippen LogP contribution in [0.1, 0.15) is 15.9 Å². The van der Waals surface area contributed by atoms with Crippen LogP contribution in [0.25, 0.3) is 22.6 Å². The van der Waals surface area contributed by atoms with E-state index in [1.165, 1.54) is 18.2 Å². The first-order chi connectivity index (χ1) is 12.6. The Morgan fingerprint density at radius 1 is 1.04 bits per heavy atom. The van der Waals surface area contributed by atoms with Gasteiger partial charge in [-0.15, -0.1) is 0 Å². The molecule has 0 spiro atoms. The van der Waals surface area contributed by atoms with E-state index in [9.17, 15) is 9.18 Å². The molecule has 128 valence electrons. The van der Waals surface area contributed by atoms with Gasteiger partial charge in [-0.2, -0.15) is 0 Å². The number of hydrogen-bond donors (Lipinski definition) is 1. The molecule has 4 nitrogen and oxygen atoms in total. The largest absolute Gasteiger partial charge is 0.436 e. The second-order valence-corrected chi connectivity index (χ2v) is 6.04. The van der Waals surface area contributed by atoms with E-state index in [1.54, 1.807) is 24.3 Å². The van der Waals surface area contributed by atoms with Crippen molar-refractivity contribution in [2.45, 2.75) is 6.92 Å². The molecule has 0 fully saturated rings. The summed E-state index contributed by atoms with van der Waals surface area (Å²) in [5, 5.41) is 2.76. The zero-order valence-electron chi connectivity index (χ0n) is 14.0. The van der Waals surface area contributed by atoms with Crippen LogP contribution in [0.2, 0.25) is 0 Å². The highest BCUT2D eigenvalue weighted by atomic mass is 19.1. The average molecular weight is 346 g/mol. The number of amides is 1. The molecule has 4 rings (SSSR count). The molecule has 0 unspecified atom stereocenters. The zero-order valence-corrected chi connectivity index (χ0v) is 14.0. The van der Waals surface area contributed by atoms with Crippen molar-refractivity contribution in [3.05, 3.63) is 83.7 Å². The van der Waals surface area contributed by atoms with Gasteiger partial charge in [-0.25, -0.2) is 9.37 Å². The topological polar surface area (TPSA) is 55.1 Å². The number of aryl methyl sites for hydroxylation is 1. The van der Waals surface area contributed by atoms with Crippen molar-refractivity contribution in [3.63, 3.8) is 0 Å². The predicted molar refractivity (Wildman–Crippen MR) is 98.5 cm³/mol. The smallest absolute Gasteiger partial charge is 0.255 e. The minimum absolute atomic E-state index is 0.257. The number of anilines is 1. The van der Waals surface area contributed by atoms with Crippen molar-refractivity contribution < 1.29 is 13.6 Å². The molecule has 0 aliphatic carbocycles. The molecule has 0 bridgehead atoms. The van der Waals surface area contributed by atoms with Gasteiger partial charge in [0.15, 0.2) is 5.58 Å². The number of hydrogen-bond acceptors (Lipinski definition) is 3. The van der Waals surface area contributed by atoms with Crippen LogP contribution in [0.5, 0.6) is 0 Å². The van der Waals surface area contributed by atoms with Crippen molar-refractivity contribution >= 4 is 22.7 Å². The number of halogens is 1. The van der Waals surface area contributed by atoms with Crippen LogP contribution < -0.4 is 5.32 Å². The summed E-state index contributed by atoms with van der Waals surface area (Å²) in [6.45, 7) is 2.00. The Morgan fingerprint density at radius 2 is 1.88 bits per heavy atom. The molecule has 0 radical (unpaired) electrons. The van der Waals surface area contributed by atoms with Crippen LogP contribution in [0, 0.1) is 12.7 Å². The summed E-state index contributed by atoms with van der Waals surface area (Å²) in [4.78, 5) is 16.8. The third-order valence-corrected chi connectivity index (χ3v) is 4.00. The van der Waals surface area contributed by atoms with E-state index < -0.39 is 5.82 Å².